The van der Waals surface area contributed by atoms with Gasteiger partial charge in [0.1, 0.15) is 12.1 Å². The molecule has 0 aliphatic carbocycles. The Morgan fingerprint density at radius 1 is 1.36 bits per heavy atom. The summed E-state index contributed by atoms with van der Waals surface area (Å²) in [5.74, 6) is 1.51. The fourth-order valence-electron chi connectivity index (χ4n) is 2.77. The number of hydrogen-bond acceptors (Lipinski definition) is 4. The van der Waals surface area contributed by atoms with Gasteiger partial charge in [-0.05, 0) is 37.9 Å². The molecule has 124 valence electrons. The van der Waals surface area contributed by atoms with Gasteiger partial charge in [-0.15, -0.1) is 0 Å². The number of thioether (sulfide) groups is 1. The van der Waals surface area contributed by atoms with Crippen LogP contribution in [0.15, 0.2) is 0 Å². The van der Waals surface area contributed by atoms with E-state index in [-0.39, 0.29) is 24.4 Å². The predicted molar refractivity (Wildman–Crippen MR) is 86.6 cm³/mol. The van der Waals surface area contributed by atoms with Crippen LogP contribution in [-0.4, -0.2) is 52.4 Å². The Balaban J connectivity index is 1.86. The molecular formula is C15H25N3O3S. The topological polar surface area (TPSA) is 78.5 Å². The molecule has 2 saturated heterocycles. The molecule has 2 N–H and O–H groups in total. The van der Waals surface area contributed by atoms with Crippen LogP contribution in [0.25, 0.3) is 0 Å². The third kappa shape index (κ3) is 3.74. The summed E-state index contributed by atoms with van der Waals surface area (Å²) in [7, 11) is 0. The number of amides is 4. The van der Waals surface area contributed by atoms with Gasteiger partial charge in [-0.1, -0.05) is 13.8 Å². The van der Waals surface area contributed by atoms with Crippen LogP contribution in [0.3, 0.4) is 0 Å². The molecule has 2 aliphatic heterocycles. The van der Waals surface area contributed by atoms with E-state index in [9.17, 15) is 14.4 Å². The monoisotopic (exact) mass is 327 g/mol. The molecule has 0 unspecified atom stereocenters. The maximum absolute atomic E-state index is 12.4. The molecule has 0 saturated carbocycles. The smallest absolute Gasteiger partial charge is 0.325 e. The van der Waals surface area contributed by atoms with Crippen molar-refractivity contribution in [2.75, 3.05) is 18.1 Å². The van der Waals surface area contributed by atoms with Crippen molar-refractivity contribution in [3.05, 3.63) is 0 Å². The Morgan fingerprint density at radius 3 is 2.68 bits per heavy atom. The van der Waals surface area contributed by atoms with Crippen LogP contribution >= 0.6 is 11.8 Å². The van der Waals surface area contributed by atoms with Gasteiger partial charge in [0.15, 0.2) is 0 Å². The number of carbonyl (C=O) groups is 3. The van der Waals surface area contributed by atoms with Crippen molar-refractivity contribution in [2.24, 2.45) is 5.92 Å². The standard InChI is InChI=1S/C15H25N3O3S/c1-10(2)4-5-11(3)16-12(19)8-18-13(20)15(17-14(18)21)6-7-22-9-15/h10-11H,4-9H2,1-3H3,(H,16,19)(H,17,21)/t11-,15-/m0/s1. The molecule has 2 heterocycles. The Morgan fingerprint density at radius 2 is 2.09 bits per heavy atom. The second-order valence-corrected chi connectivity index (χ2v) is 7.75. The molecule has 4 amide bonds. The third-order valence-electron chi connectivity index (χ3n) is 4.15. The highest BCUT2D eigenvalue weighted by atomic mass is 32.2. The lowest BCUT2D eigenvalue weighted by atomic mass is 9.99. The number of hydrogen-bond donors (Lipinski definition) is 2. The van der Waals surface area contributed by atoms with Gasteiger partial charge < -0.3 is 10.6 Å². The van der Waals surface area contributed by atoms with E-state index in [0.717, 1.165) is 23.5 Å². The van der Waals surface area contributed by atoms with Crippen LogP contribution in [0.4, 0.5) is 4.79 Å². The van der Waals surface area contributed by atoms with E-state index in [2.05, 4.69) is 24.5 Å². The lowest BCUT2D eigenvalue weighted by molar-refractivity contribution is -0.134. The highest BCUT2D eigenvalue weighted by Crippen LogP contribution is 2.33. The lowest BCUT2D eigenvalue weighted by Crippen LogP contribution is -2.48. The maximum atomic E-state index is 12.4. The van der Waals surface area contributed by atoms with E-state index in [1.54, 1.807) is 11.8 Å². The van der Waals surface area contributed by atoms with Crippen molar-refractivity contribution in [3.63, 3.8) is 0 Å². The summed E-state index contributed by atoms with van der Waals surface area (Å²) in [6.45, 7) is 6.03. The quantitative estimate of drug-likeness (QED) is 0.722. The number of rotatable bonds is 6. The number of nitrogens with zero attached hydrogens (tertiary/aromatic N) is 1. The fourth-order valence-corrected chi connectivity index (χ4v) is 4.10. The van der Waals surface area contributed by atoms with Gasteiger partial charge in [-0.25, -0.2) is 4.79 Å². The number of urea groups is 1. The van der Waals surface area contributed by atoms with Gasteiger partial charge in [0, 0.05) is 11.8 Å². The molecule has 2 aliphatic rings. The van der Waals surface area contributed by atoms with Crippen molar-refractivity contribution >= 4 is 29.6 Å². The zero-order chi connectivity index (χ0) is 16.3. The number of carbonyl (C=O) groups excluding carboxylic acids is 3. The van der Waals surface area contributed by atoms with Crippen molar-refractivity contribution in [1.29, 1.82) is 0 Å². The molecule has 22 heavy (non-hydrogen) atoms. The average Bonchev–Trinajstić information content (AvgIpc) is 2.98. The van der Waals surface area contributed by atoms with Crippen LogP contribution in [0, 0.1) is 5.92 Å². The minimum absolute atomic E-state index is 0.0478. The van der Waals surface area contributed by atoms with E-state index in [1.807, 2.05) is 6.92 Å². The molecule has 1 spiro atoms. The molecule has 7 heteroatoms. The van der Waals surface area contributed by atoms with E-state index in [1.165, 1.54) is 0 Å². The van der Waals surface area contributed by atoms with Crippen LogP contribution in [0.1, 0.15) is 40.0 Å². The SMILES string of the molecule is CC(C)CC[C@H](C)NC(=O)CN1C(=O)N[C@]2(CCSC2)C1=O. The molecule has 0 radical (unpaired) electrons. The molecule has 6 nitrogen and oxygen atoms in total. The van der Waals surface area contributed by atoms with Gasteiger partial charge >= 0.3 is 6.03 Å². The summed E-state index contributed by atoms with van der Waals surface area (Å²) < 4.78 is 0. The number of imide groups is 1. The lowest BCUT2D eigenvalue weighted by Gasteiger charge is -2.20. The number of nitrogens with one attached hydrogen (secondary N) is 2. The highest BCUT2D eigenvalue weighted by Gasteiger charge is 2.53. The first kappa shape index (κ1) is 17.1. The third-order valence-corrected chi connectivity index (χ3v) is 5.34. The van der Waals surface area contributed by atoms with E-state index in [0.29, 0.717) is 18.1 Å². The van der Waals surface area contributed by atoms with E-state index < -0.39 is 11.6 Å². The highest BCUT2D eigenvalue weighted by molar-refractivity contribution is 7.99. The molecule has 2 fully saturated rings. The Hall–Kier alpha value is -1.24. The minimum atomic E-state index is -0.773. The predicted octanol–water partition coefficient (Wildman–Crippen LogP) is 1.35. The Bertz CT molecular complexity index is 461. The first-order valence-electron chi connectivity index (χ1n) is 7.85. The summed E-state index contributed by atoms with van der Waals surface area (Å²) >= 11 is 1.65. The van der Waals surface area contributed by atoms with Gasteiger partial charge in [0.25, 0.3) is 5.91 Å². The maximum Gasteiger partial charge on any atom is 0.325 e. The largest absolute Gasteiger partial charge is 0.352 e. The average molecular weight is 327 g/mol. The van der Waals surface area contributed by atoms with Crippen LogP contribution in [-0.2, 0) is 9.59 Å². The van der Waals surface area contributed by atoms with Gasteiger partial charge in [-0.2, -0.15) is 11.8 Å². The molecule has 0 aromatic heterocycles. The summed E-state index contributed by atoms with van der Waals surface area (Å²) in [4.78, 5) is 37.5. The van der Waals surface area contributed by atoms with Crippen LogP contribution in [0.2, 0.25) is 0 Å². The Labute approximate surface area is 135 Å². The van der Waals surface area contributed by atoms with Gasteiger partial charge in [0.2, 0.25) is 5.91 Å². The second-order valence-electron chi connectivity index (χ2n) is 6.65. The van der Waals surface area contributed by atoms with E-state index >= 15 is 0 Å². The molecule has 2 atom stereocenters. The van der Waals surface area contributed by atoms with Gasteiger partial charge in [-0.3, -0.25) is 14.5 Å². The van der Waals surface area contributed by atoms with Crippen molar-refractivity contribution < 1.29 is 14.4 Å². The molecule has 0 aromatic carbocycles. The van der Waals surface area contributed by atoms with Crippen molar-refractivity contribution in [3.8, 4) is 0 Å². The molecule has 0 aromatic rings. The Kier molecular flexibility index (Phi) is 5.36. The zero-order valence-corrected chi connectivity index (χ0v) is 14.3. The van der Waals surface area contributed by atoms with Crippen molar-refractivity contribution in [2.45, 2.75) is 51.6 Å². The summed E-state index contributed by atoms with van der Waals surface area (Å²) in [5, 5.41) is 5.63. The normalized spacial score (nSPS) is 25.9. The summed E-state index contributed by atoms with van der Waals surface area (Å²) in [6.07, 6.45) is 2.57. The first-order valence-corrected chi connectivity index (χ1v) is 9.01. The molecule has 0 bridgehead atoms. The van der Waals surface area contributed by atoms with Gasteiger partial charge in [0.05, 0.1) is 0 Å². The minimum Gasteiger partial charge on any atom is -0.352 e. The van der Waals surface area contributed by atoms with Crippen molar-refractivity contribution in [1.82, 2.24) is 15.5 Å². The second kappa shape index (κ2) is 6.89. The van der Waals surface area contributed by atoms with E-state index in [4.69, 9.17) is 0 Å². The summed E-state index contributed by atoms with van der Waals surface area (Å²) in [5.41, 5.74) is -0.773. The zero-order valence-electron chi connectivity index (χ0n) is 13.5. The molecular weight excluding hydrogens is 302 g/mol. The fraction of sp³-hybridized carbons (Fsp3) is 0.800. The summed E-state index contributed by atoms with van der Waals surface area (Å²) in [6, 6.07) is -0.399. The van der Waals surface area contributed by atoms with Crippen LogP contribution < -0.4 is 10.6 Å². The van der Waals surface area contributed by atoms with Crippen LogP contribution in [0.5, 0.6) is 0 Å². The first-order chi connectivity index (χ1) is 10.3. The molecule has 2 rings (SSSR count).